The second-order valence-corrected chi connectivity index (χ2v) is 6.98. The molecule has 0 atom stereocenters. The van der Waals surface area contributed by atoms with Crippen LogP contribution in [0.2, 0.25) is 0 Å². The molecule has 1 N–H and O–H groups in total. The van der Waals surface area contributed by atoms with E-state index in [0.717, 1.165) is 5.56 Å². The molecule has 1 amide bonds. The van der Waals surface area contributed by atoms with Crippen LogP contribution in [0.3, 0.4) is 0 Å². The highest BCUT2D eigenvalue weighted by Gasteiger charge is 2.11. The van der Waals surface area contributed by atoms with Crippen LogP contribution in [0.4, 0.5) is 0 Å². The minimum absolute atomic E-state index is 0.0509. The smallest absolute Gasteiger partial charge is 0.273 e. The third kappa shape index (κ3) is 4.30. The van der Waals surface area contributed by atoms with E-state index in [1.807, 2.05) is 0 Å². The van der Waals surface area contributed by atoms with E-state index in [1.165, 1.54) is 12.1 Å². The fourth-order valence-corrected chi connectivity index (χ4v) is 2.47. The van der Waals surface area contributed by atoms with Crippen LogP contribution in [0.15, 0.2) is 39.8 Å². The summed E-state index contributed by atoms with van der Waals surface area (Å²) >= 11 is 0. The van der Waals surface area contributed by atoms with Crippen LogP contribution in [0, 0.1) is 6.92 Å². The fourth-order valence-electron chi connectivity index (χ4n) is 1.70. The minimum atomic E-state index is -3.70. The molecule has 8 heteroatoms. The van der Waals surface area contributed by atoms with Gasteiger partial charge < -0.3 is 9.84 Å². The largest absolute Gasteiger partial charge is 0.361 e. The number of aromatic nitrogens is 1. The topological polar surface area (TPSA) is 89.3 Å². The molecule has 1 heterocycles. The van der Waals surface area contributed by atoms with Gasteiger partial charge in [-0.15, -0.1) is 0 Å². The fraction of sp³-hybridized carbons (Fsp3) is 0.231. The first-order valence-corrected chi connectivity index (χ1v) is 8.42. The van der Waals surface area contributed by atoms with Crippen molar-refractivity contribution < 1.29 is 17.7 Å². The average Bonchev–Trinajstić information content (AvgIpc) is 2.85. The van der Waals surface area contributed by atoms with Crippen LogP contribution in [0.25, 0.3) is 0 Å². The van der Waals surface area contributed by atoms with Crippen LogP contribution in [0.1, 0.15) is 21.8 Å². The number of hydrogen-bond donors (Lipinski definition) is 1. The van der Waals surface area contributed by atoms with Gasteiger partial charge in [0.15, 0.2) is 5.69 Å². The summed E-state index contributed by atoms with van der Waals surface area (Å²) < 4.78 is 27.0. The van der Waals surface area contributed by atoms with Crippen molar-refractivity contribution >= 4 is 25.6 Å². The monoisotopic (exact) mass is 328 g/mol. The number of amides is 1. The summed E-state index contributed by atoms with van der Waals surface area (Å²) in [6.45, 7) is 2.11. The summed E-state index contributed by atoms with van der Waals surface area (Å²) in [6.07, 6.45) is 0.561. The van der Waals surface area contributed by atoms with E-state index in [9.17, 15) is 13.2 Å². The molecule has 0 spiro atoms. The van der Waals surface area contributed by atoms with Gasteiger partial charge in [0.25, 0.3) is 15.0 Å². The van der Waals surface area contributed by atoms with Crippen molar-refractivity contribution in [3.05, 3.63) is 47.3 Å². The molecule has 0 aliphatic carbocycles. The lowest BCUT2D eigenvalue weighted by molar-refractivity contribution is 0.0945. The molecule has 0 fully saturated rings. The molecule has 0 unspecified atom stereocenters. The molecule has 1 aromatic heterocycles. The molecule has 0 bridgehead atoms. The van der Waals surface area contributed by atoms with Gasteiger partial charge in [-0.2, -0.15) is 0 Å². The molecule has 0 radical (unpaired) electrons. The Kier molecular flexibility index (Phi) is 4.64. The van der Waals surface area contributed by atoms with Gasteiger partial charge in [-0.3, -0.25) is 4.79 Å². The van der Waals surface area contributed by atoms with E-state index in [0.29, 0.717) is 18.7 Å². The van der Waals surface area contributed by atoms with Crippen molar-refractivity contribution in [2.24, 2.45) is 0 Å². The number of nitrogens with one attached hydrogen (secondary N) is 1. The van der Waals surface area contributed by atoms with Crippen molar-refractivity contribution in [3.63, 3.8) is 0 Å². The van der Waals surface area contributed by atoms with E-state index in [4.69, 9.17) is 15.2 Å². The lowest BCUT2D eigenvalue weighted by atomic mass is 10.1. The maximum atomic E-state index is 11.7. The number of hydrogen-bond acceptors (Lipinski definition) is 5. The van der Waals surface area contributed by atoms with E-state index in [1.54, 1.807) is 25.1 Å². The molecule has 1 aromatic carbocycles. The Morgan fingerprint density at radius 2 is 2.00 bits per heavy atom. The quantitative estimate of drug-likeness (QED) is 0.846. The molecule has 0 aliphatic rings. The Balaban J connectivity index is 1.88. The number of nitrogens with zero attached hydrogens (tertiary/aromatic N) is 1. The number of halogens is 1. The van der Waals surface area contributed by atoms with Gasteiger partial charge in [0.1, 0.15) is 5.76 Å². The zero-order valence-corrected chi connectivity index (χ0v) is 12.7. The first-order valence-electron chi connectivity index (χ1n) is 6.11. The molecule has 6 nitrogen and oxygen atoms in total. The van der Waals surface area contributed by atoms with Gasteiger partial charge >= 0.3 is 0 Å². The highest BCUT2D eigenvalue weighted by Crippen LogP contribution is 2.15. The summed E-state index contributed by atoms with van der Waals surface area (Å²) in [7, 11) is 1.52. The van der Waals surface area contributed by atoms with Crippen molar-refractivity contribution in [2.45, 2.75) is 18.2 Å². The third-order valence-electron chi connectivity index (χ3n) is 2.76. The van der Waals surface area contributed by atoms with Gasteiger partial charge in [0.05, 0.1) is 4.90 Å². The summed E-state index contributed by atoms with van der Waals surface area (Å²) in [4.78, 5) is 11.8. The van der Waals surface area contributed by atoms with E-state index in [2.05, 4.69) is 10.5 Å². The third-order valence-corrected chi connectivity index (χ3v) is 4.13. The van der Waals surface area contributed by atoms with E-state index in [-0.39, 0.29) is 16.5 Å². The second kappa shape index (κ2) is 6.28. The van der Waals surface area contributed by atoms with Crippen molar-refractivity contribution in [2.75, 3.05) is 6.54 Å². The molecule has 2 rings (SSSR count). The number of aryl methyl sites for hydroxylation is 1. The number of carbonyl (C=O) groups excluding carboxylic acids is 1. The molecular weight excluding hydrogens is 316 g/mol. The average molecular weight is 329 g/mol. The number of rotatable bonds is 5. The van der Waals surface area contributed by atoms with Crippen molar-refractivity contribution in [3.8, 4) is 0 Å². The molecule has 0 saturated carbocycles. The molecule has 112 valence electrons. The first kappa shape index (κ1) is 15.5. The SMILES string of the molecule is Cc1cc(C(=O)NCCc2ccc(S(=O)(=O)Cl)cc2)no1. The Bertz CT molecular complexity index is 738. The summed E-state index contributed by atoms with van der Waals surface area (Å²) in [5.41, 5.74) is 1.12. The van der Waals surface area contributed by atoms with Crippen LogP contribution >= 0.6 is 10.7 Å². The Morgan fingerprint density at radius 3 is 2.52 bits per heavy atom. The molecular formula is C13H13ClN2O4S. The lowest BCUT2D eigenvalue weighted by Crippen LogP contribution is -2.25. The van der Waals surface area contributed by atoms with E-state index < -0.39 is 9.05 Å². The molecule has 2 aromatic rings. The highest BCUT2D eigenvalue weighted by molar-refractivity contribution is 8.13. The zero-order valence-electron chi connectivity index (χ0n) is 11.2. The predicted octanol–water partition coefficient (Wildman–Crippen LogP) is 1.88. The summed E-state index contributed by atoms with van der Waals surface area (Å²) in [5.74, 6) is 0.254. The van der Waals surface area contributed by atoms with Gasteiger partial charge in [0.2, 0.25) is 0 Å². The maximum absolute atomic E-state index is 11.7. The van der Waals surface area contributed by atoms with Crippen LogP contribution in [-0.4, -0.2) is 26.0 Å². The van der Waals surface area contributed by atoms with E-state index >= 15 is 0 Å². The highest BCUT2D eigenvalue weighted by atomic mass is 35.7. The van der Waals surface area contributed by atoms with Gasteiger partial charge in [-0.1, -0.05) is 17.3 Å². The zero-order chi connectivity index (χ0) is 15.5. The standard InChI is InChI=1S/C13H13ClN2O4S/c1-9-8-12(16-20-9)13(17)15-7-6-10-2-4-11(5-3-10)21(14,18)19/h2-5,8H,6-7H2,1H3,(H,15,17). The lowest BCUT2D eigenvalue weighted by Gasteiger charge is -2.04. The number of benzene rings is 1. The predicted molar refractivity (Wildman–Crippen MR) is 76.8 cm³/mol. The maximum Gasteiger partial charge on any atom is 0.273 e. The van der Waals surface area contributed by atoms with Crippen molar-refractivity contribution in [1.29, 1.82) is 0 Å². The van der Waals surface area contributed by atoms with Gasteiger partial charge in [0, 0.05) is 23.3 Å². The Hall–Kier alpha value is -1.86. The summed E-state index contributed by atoms with van der Waals surface area (Å²) in [5, 5.41) is 6.31. The molecule has 0 aliphatic heterocycles. The normalized spacial score (nSPS) is 11.3. The van der Waals surface area contributed by atoms with Crippen LogP contribution in [-0.2, 0) is 15.5 Å². The Morgan fingerprint density at radius 1 is 1.33 bits per heavy atom. The first-order chi connectivity index (χ1) is 9.86. The van der Waals surface area contributed by atoms with Crippen LogP contribution in [0.5, 0.6) is 0 Å². The number of carbonyl (C=O) groups is 1. The van der Waals surface area contributed by atoms with Crippen LogP contribution < -0.4 is 5.32 Å². The van der Waals surface area contributed by atoms with Gasteiger partial charge in [-0.05, 0) is 31.0 Å². The van der Waals surface area contributed by atoms with Crippen molar-refractivity contribution in [1.82, 2.24) is 10.5 Å². The molecule has 21 heavy (non-hydrogen) atoms. The summed E-state index contributed by atoms with van der Waals surface area (Å²) in [6, 6.07) is 7.72. The Labute approximate surface area is 126 Å². The minimum Gasteiger partial charge on any atom is -0.361 e. The second-order valence-electron chi connectivity index (χ2n) is 4.41. The van der Waals surface area contributed by atoms with Gasteiger partial charge in [-0.25, -0.2) is 8.42 Å². The molecule has 0 saturated heterocycles.